The van der Waals surface area contributed by atoms with Crippen molar-refractivity contribution in [3.63, 3.8) is 0 Å². The van der Waals surface area contributed by atoms with Gasteiger partial charge in [-0.1, -0.05) is 0 Å². The molecule has 0 aromatic heterocycles. The van der Waals surface area contributed by atoms with Gasteiger partial charge < -0.3 is 24.6 Å². The van der Waals surface area contributed by atoms with E-state index in [0.29, 0.717) is 18.9 Å². The van der Waals surface area contributed by atoms with Gasteiger partial charge in [0.1, 0.15) is 17.1 Å². The first-order valence-electron chi connectivity index (χ1n) is 5.88. The van der Waals surface area contributed by atoms with E-state index in [9.17, 15) is 9.59 Å². The molecule has 0 saturated heterocycles. The van der Waals surface area contributed by atoms with E-state index in [0.717, 1.165) is 0 Å². The molecule has 1 aromatic rings. The molecule has 110 valence electrons. The molecule has 0 aliphatic carbocycles. The average Bonchev–Trinajstić information content (AvgIpc) is 2.45. The van der Waals surface area contributed by atoms with Crippen molar-refractivity contribution in [2.24, 2.45) is 0 Å². The van der Waals surface area contributed by atoms with Crippen LogP contribution in [0.3, 0.4) is 0 Å². The van der Waals surface area contributed by atoms with Gasteiger partial charge in [-0.25, -0.2) is 4.79 Å². The van der Waals surface area contributed by atoms with Crippen molar-refractivity contribution in [1.82, 2.24) is 5.32 Å². The fraction of sp³-hybridized carbons (Fsp3) is 0.385. The fourth-order valence-electron chi connectivity index (χ4n) is 1.42. The summed E-state index contributed by atoms with van der Waals surface area (Å²) in [4.78, 5) is 22.5. The van der Waals surface area contributed by atoms with E-state index >= 15 is 0 Å². The number of carboxylic acid groups (broad SMARTS) is 1. The highest BCUT2D eigenvalue weighted by molar-refractivity contribution is 5.91. The lowest BCUT2D eigenvalue weighted by molar-refractivity contribution is -0.123. The maximum absolute atomic E-state index is 11.4. The molecular weight excluding hydrogens is 266 g/mol. The quantitative estimate of drug-likeness (QED) is 0.676. The van der Waals surface area contributed by atoms with Gasteiger partial charge in [-0.05, 0) is 18.2 Å². The van der Waals surface area contributed by atoms with Gasteiger partial charge in [0.05, 0.1) is 13.7 Å². The van der Waals surface area contributed by atoms with Crippen molar-refractivity contribution in [2.45, 2.75) is 0 Å². The predicted octanol–water partition coefficient (Wildman–Crippen LogP) is 0.535. The van der Waals surface area contributed by atoms with Crippen molar-refractivity contribution in [3.05, 3.63) is 23.8 Å². The van der Waals surface area contributed by atoms with E-state index in [1.807, 2.05) is 0 Å². The van der Waals surface area contributed by atoms with Crippen LogP contribution in [0.1, 0.15) is 10.4 Å². The zero-order valence-corrected chi connectivity index (χ0v) is 11.3. The smallest absolute Gasteiger partial charge is 0.339 e. The first kappa shape index (κ1) is 15.8. The fourth-order valence-corrected chi connectivity index (χ4v) is 1.42. The second kappa shape index (κ2) is 8.00. The van der Waals surface area contributed by atoms with Crippen LogP contribution >= 0.6 is 0 Å². The van der Waals surface area contributed by atoms with E-state index in [1.54, 1.807) is 6.07 Å². The van der Waals surface area contributed by atoms with Crippen LogP contribution in [0.4, 0.5) is 0 Å². The Labute approximate surface area is 116 Å². The number of carbonyl (C=O) groups is 2. The van der Waals surface area contributed by atoms with Gasteiger partial charge in [0.25, 0.3) is 5.91 Å². The Hall–Kier alpha value is -2.28. The number of carbonyl (C=O) groups excluding carboxylic acids is 1. The molecule has 7 nitrogen and oxygen atoms in total. The molecule has 0 saturated carbocycles. The second-order valence-electron chi connectivity index (χ2n) is 3.80. The second-order valence-corrected chi connectivity index (χ2v) is 3.80. The summed E-state index contributed by atoms with van der Waals surface area (Å²) >= 11 is 0. The number of amides is 1. The zero-order valence-electron chi connectivity index (χ0n) is 11.3. The third-order valence-electron chi connectivity index (χ3n) is 2.40. The standard InChI is InChI=1S/C13H17NO6/c1-18-6-5-14-12(15)8-20-11-4-3-9(19-2)7-10(11)13(16)17/h3-4,7H,5-6,8H2,1-2H3,(H,14,15)(H,16,17). The lowest BCUT2D eigenvalue weighted by atomic mass is 10.2. The van der Waals surface area contributed by atoms with E-state index < -0.39 is 5.97 Å². The molecule has 1 amide bonds. The van der Waals surface area contributed by atoms with Gasteiger partial charge in [-0.3, -0.25) is 4.79 Å². The molecule has 0 bridgehead atoms. The summed E-state index contributed by atoms with van der Waals surface area (Å²) in [6.45, 7) is 0.498. The highest BCUT2D eigenvalue weighted by Crippen LogP contribution is 2.24. The van der Waals surface area contributed by atoms with Gasteiger partial charge in [0, 0.05) is 13.7 Å². The van der Waals surface area contributed by atoms with Crippen LogP contribution in [0.5, 0.6) is 11.5 Å². The number of aromatic carboxylic acids is 1. The Bertz CT molecular complexity index is 474. The topological polar surface area (TPSA) is 94.1 Å². The van der Waals surface area contributed by atoms with Gasteiger partial charge in [0.15, 0.2) is 6.61 Å². The summed E-state index contributed by atoms with van der Waals surface area (Å²) in [5.74, 6) is -0.993. The lowest BCUT2D eigenvalue weighted by Gasteiger charge is -2.10. The minimum absolute atomic E-state index is 0.0611. The lowest BCUT2D eigenvalue weighted by Crippen LogP contribution is -2.31. The van der Waals surface area contributed by atoms with E-state index in [2.05, 4.69) is 5.32 Å². The summed E-state index contributed by atoms with van der Waals surface area (Å²) in [5, 5.41) is 11.6. The van der Waals surface area contributed by atoms with Crippen LogP contribution < -0.4 is 14.8 Å². The number of ether oxygens (including phenoxy) is 3. The summed E-state index contributed by atoms with van der Waals surface area (Å²) < 4.78 is 14.9. The van der Waals surface area contributed by atoms with Crippen molar-refractivity contribution in [2.75, 3.05) is 34.0 Å². The number of benzene rings is 1. The van der Waals surface area contributed by atoms with Crippen molar-refractivity contribution in [1.29, 1.82) is 0 Å². The maximum Gasteiger partial charge on any atom is 0.339 e. The third kappa shape index (κ3) is 4.77. The van der Waals surface area contributed by atoms with Crippen molar-refractivity contribution >= 4 is 11.9 Å². The summed E-state index contributed by atoms with van der Waals surface area (Å²) in [6.07, 6.45) is 0. The Morgan fingerprint density at radius 3 is 2.65 bits per heavy atom. The van der Waals surface area contributed by atoms with Crippen LogP contribution in [-0.4, -0.2) is 51.0 Å². The Morgan fingerprint density at radius 1 is 1.30 bits per heavy atom. The summed E-state index contributed by atoms with van der Waals surface area (Å²) in [6, 6.07) is 4.34. The number of rotatable bonds is 8. The average molecular weight is 283 g/mol. The molecule has 1 rings (SSSR count). The molecule has 0 unspecified atom stereocenters. The third-order valence-corrected chi connectivity index (χ3v) is 2.40. The minimum Gasteiger partial charge on any atom is -0.497 e. The first-order chi connectivity index (χ1) is 9.58. The molecule has 0 aliphatic rings. The van der Waals surface area contributed by atoms with E-state index in [1.165, 1.54) is 26.4 Å². The molecular formula is C13H17NO6. The number of carboxylic acids is 1. The normalized spacial score (nSPS) is 9.90. The van der Waals surface area contributed by atoms with Crippen LogP contribution in [0, 0.1) is 0 Å². The minimum atomic E-state index is -1.15. The molecule has 0 fully saturated rings. The van der Waals surface area contributed by atoms with Crippen LogP contribution in [0.15, 0.2) is 18.2 Å². The SMILES string of the molecule is COCCNC(=O)COc1ccc(OC)cc1C(=O)O. The van der Waals surface area contributed by atoms with Crippen LogP contribution in [-0.2, 0) is 9.53 Å². The Morgan fingerprint density at radius 2 is 2.05 bits per heavy atom. The zero-order chi connectivity index (χ0) is 15.0. The molecule has 0 atom stereocenters. The number of hydrogen-bond acceptors (Lipinski definition) is 5. The molecule has 0 radical (unpaired) electrons. The van der Waals surface area contributed by atoms with Crippen molar-refractivity contribution in [3.8, 4) is 11.5 Å². The van der Waals surface area contributed by atoms with Crippen LogP contribution in [0.2, 0.25) is 0 Å². The van der Waals surface area contributed by atoms with E-state index in [4.69, 9.17) is 19.3 Å². The van der Waals surface area contributed by atoms with Gasteiger partial charge in [-0.15, -0.1) is 0 Å². The molecule has 20 heavy (non-hydrogen) atoms. The van der Waals surface area contributed by atoms with Crippen molar-refractivity contribution < 1.29 is 28.9 Å². The Kier molecular flexibility index (Phi) is 6.31. The molecule has 0 aliphatic heterocycles. The Balaban J connectivity index is 2.63. The van der Waals surface area contributed by atoms with Crippen LogP contribution in [0.25, 0.3) is 0 Å². The maximum atomic E-state index is 11.4. The van der Waals surface area contributed by atoms with E-state index in [-0.39, 0.29) is 23.8 Å². The highest BCUT2D eigenvalue weighted by Gasteiger charge is 2.14. The largest absolute Gasteiger partial charge is 0.497 e. The number of methoxy groups -OCH3 is 2. The highest BCUT2D eigenvalue weighted by atomic mass is 16.5. The van der Waals surface area contributed by atoms with Gasteiger partial charge >= 0.3 is 5.97 Å². The monoisotopic (exact) mass is 283 g/mol. The molecule has 1 aromatic carbocycles. The molecule has 2 N–H and O–H groups in total. The van der Waals surface area contributed by atoms with Gasteiger partial charge in [0.2, 0.25) is 0 Å². The number of nitrogens with one attached hydrogen (secondary N) is 1. The predicted molar refractivity (Wildman–Crippen MR) is 70.3 cm³/mol. The summed E-state index contributed by atoms with van der Waals surface area (Å²) in [5.41, 5.74) is -0.0611. The molecule has 0 spiro atoms. The summed E-state index contributed by atoms with van der Waals surface area (Å²) in [7, 11) is 2.96. The van der Waals surface area contributed by atoms with Gasteiger partial charge in [-0.2, -0.15) is 0 Å². The molecule has 0 heterocycles. The molecule has 7 heteroatoms. The number of hydrogen-bond donors (Lipinski definition) is 2. The first-order valence-corrected chi connectivity index (χ1v) is 5.88.